The van der Waals surface area contributed by atoms with Gasteiger partial charge in [0.2, 0.25) is 0 Å². The number of anilines is 1. The minimum absolute atomic E-state index is 0.162. The fourth-order valence-electron chi connectivity index (χ4n) is 1.43. The molecule has 0 bridgehead atoms. The van der Waals surface area contributed by atoms with Gasteiger partial charge in [0.05, 0.1) is 0 Å². The van der Waals surface area contributed by atoms with Gasteiger partial charge in [-0.25, -0.2) is 13.8 Å². The SMILES string of the molecule is O=C(Nc1ccnc(Cl)c1)c1c(F)cc(Br)cc1F. The van der Waals surface area contributed by atoms with E-state index in [1.807, 2.05) is 0 Å². The molecule has 1 N–H and O–H groups in total. The lowest BCUT2D eigenvalue weighted by atomic mass is 10.2. The van der Waals surface area contributed by atoms with Gasteiger partial charge in [0.15, 0.2) is 0 Å². The minimum Gasteiger partial charge on any atom is -0.322 e. The van der Waals surface area contributed by atoms with Crippen LogP contribution in [-0.2, 0) is 0 Å². The molecule has 3 nitrogen and oxygen atoms in total. The van der Waals surface area contributed by atoms with E-state index in [-0.39, 0.29) is 9.63 Å². The monoisotopic (exact) mass is 346 g/mol. The van der Waals surface area contributed by atoms with Crippen molar-refractivity contribution in [1.82, 2.24) is 4.98 Å². The first-order chi connectivity index (χ1) is 8.97. The number of halogens is 4. The molecule has 1 heterocycles. The number of carbonyl (C=O) groups is 1. The van der Waals surface area contributed by atoms with Crippen LogP contribution in [0, 0.1) is 11.6 Å². The molecule has 7 heteroatoms. The predicted molar refractivity (Wildman–Crippen MR) is 71.3 cm³/mol. The lowest BCUT2D eigenvalue weighted by Gasteiger charge is -2.07. The molecule has 19 heavy (non-hydrogen) atoms. The van der Waals surface area contributed by atoms with E-state index in [1.54, 1.807) is 0 Å². The molecule has 1 aromatic carbocycles. The zero-order valence-corrected chi connectivity index (χ0v) is 11.6. The second kappa shape index (κ2) is 5.63. The summed E-state index contributed by atoms with van der Waals surface area (Å²) in [6.45, 7) is 0. The molecular weight excluding hydrogens is 341 g/mol. The van der Waals surface area contributed by atoms with Gasteiger partial charge in [-0.15, -0.1) is 0 Å². The van der Waals surface area contributed by atoms with Crippen LogP contribution in [0.5, 0.6) is 0 Å². The normalized spacial score (nSPS) is 10.3. The van der Waals surface area contributed by atoms with E-state index in [9.17, 15) is 13.6 Å². The average molecular weight is 348 g/mol. The Morgan fingerprint density at radius 2 is 1.89 bits per heavy atom. The van der Waals surface area contributed by atoms with Crippen molar-refractivity contribution < 1.29 is 13.6 Å². The molecule has 0 aliphatic rings. The molecule has 0 saturated carbocycles. The molecule has 0 radical (unpaired) electrons. The predicted octanol–water partition coefficient (Wildman–Crippen LogP) is 4.03. The Bertz CT molecular complexity index is 628. The second-order valence-electron chi connectivity index (χ2n) is 3.57. The van der Waals surface area contributed by atoms with Crippen LogP contribution in [0.25, 0.3) is 0 Å². The molecule has 2 rings (SSSR count). The zero-order valence-electron chi connectivity index (χ0n) is 9.25. The Morgan fingerprint density at radius 3 is 2.47 bits per heavy atom. The van der Waals surface area contributed by atoms with Gasteiger partial charge in [-0.05, 0) is 24.3 Å². The van der Waals surface area contributed by atoms with Gasteiger partial charge >= 0.3 is 0 Å². The van der Waals surface area contributed by atoms with Gasteiger partial charge in [-0.3, -0.25) is 4.79 Å². The third-order valence-corrected chi connectivity index (χ3v) is 2.88. The maximum Gasteiger partial charge on any atom is 0.261 e. The summed E-state index contributed by atoms with van der Waals surface area (Å²) in [4.78, 5) is 15.5. The minimum atomic E-state index is -0.954. The number of pyridine rings is 1. The summed E-state index contributed by atoms with van der Waals surface area (Å²) < 4.78 is 27.4. The van der Waals surface area contributed by atoms with Crippen molar-refractivity contribution in [2.45, 2.75) is 0 Å². The summed E-state index contributed by atoms with van der Waals surface area (Å²) in [5.74, 6) is -2.81. The van der Waals surface area contributed by atoms with Crippen LogP contribution in [0.2, 0.25) is 5.15 Å². The van der Waals surface area contributed by atoms with Crippen LogP contribution < -0.4 is 5.32 Å². The molecule has 0 atom stereocenters. The largest absolute Gasteiger partial charge is 0.322 e. The van der Waals surface area contributed by atoms with E-state index < -0.39 is 23.1 Å². The van der Waals surface area contributed by atoms with Crippen molar-refractivity contribution in [1.29, 1.82) is 0 Å². The molecule has 98 valence electrons. The first kappa shape index (κ1) is 13.9. The third-order valence-electron chi connectivity index (χ3n) is 2.22. The molecule has 0 aliphatic heterocycles. The Morgan fingerprint density at radius 1 is 1.26 bits per heavy atom. The van der Waals surface area contributed by atoms with E-state index in [1.165, 1.54) is 18.3 Å². The summed E-state index contributed by atoms with van der Waals surface area (Å²) in [6, 6.07) is 4.85. The number of rotatable bonds is 2. The van der Waals surface area contributed by atoms with Gasteiger partial charge in [0.1, 0.15) is 22.4 Å². The van der Waals surface area contributed by atoms with E-state index in [4.69, 9.17) is 11.6 Å². The summed E-state index contributed by atoms with van der Waals surface area (Å²) in [6.07, 6.45) is 1.37. The molecule has 0 saturated heterocycles. The van der Waals surface area contributed by atoms with Crippen LogP contribution in [0.3, 0.4) is 0 Å². The van der Waals surface area contributed by atoms with E-state index in [0.29, 0.717) is 5.69 Å². The lowest BCUT2D eigenvalue weighted by Crippen LogP contribution is -2.16. The second-order valence-corrected chi connectivity index (χ2v) is 4.87. The van der Waals surface area contributed by atoms with E-state index in [0.717, 1.165) is 12.1 Å². The van der Waals surface area contributed by atoms with Gasteiger partial charge in [-0.1, -0.05) is 27.5 Å². The van der Waals surface area contributed by atoms with Crippen LogP contribution in [0.1, 0.15) is 10.4 Å². The summed E-state index contributed by atoms with van der Waals surface area (Å²) in [5.41, 5.74) is -0.358. The summed E-state index contributed by atoms with van der Waals surface area (Å²) in [7, 11) is 0. The third kappa shape index (κ3) is 3.27. The quantitative estimate of drug-likeness (QED) is 0.834. The van der Waals surface area contributed by atoms with Crippen molar-refractivity contribution >= 4 is 39.1 Å². The Hall–Kier alpha value is -1.53. The van der Waals surface area contributed by atoms with Crippen molar-refractivity contribution in [3.8, 4) is 0 Å². The van der Waals surface area contributed by atoms with Crippen LogP contribution in [0.4, 0.5) is 14.5 Å². The number of aromatic nitrogens is 1. The Labute approximate surface area is 120 Å². The number of benzene rings is 1. The number of nitrogens with zero attached hydrogens (tertiary/aromatic N) is 1. The zero-order chi connectivity index (χ0) is 14.0. The first-order valence-electron chi connectivity index (χ1n) is 5.05. The lowest BCUT2D eigenvalue weighted by molar-refractivity contribution is 0.101. The van der Waals surface area contributed by atoms with Crippen molar-refractivity contribution in [3.05, 3.63) is 57.3 Å². The highest BCUT2D eigenvalue weighted by Crippen LogP contribution is 2.21. The fraction of sp³-hybridized carbons (Fsp3) is 0. The number of nitrogens with one attached hydrogen (secondary N) is 1. The van der Waals surface area contributed by atoms with Crippen LogP contribution >= 0.6 is 27.5 Å². The van der Waals surface area contributed by atoms with E-state index in [2.05, 4.69) is 26.2 Å². The van der Waals surface area contributed by atoms with Gasteiger partial charge in [0, 0.05) is 16.4 Å². The number of carbonyl (C=O) groups excluding carboxylic acids is 1. The Balaban J connectivity index is 2.31. The van der Waals surface area contributed by atoms with Gasteiger partial charge in [-0.2, -0.15) is 0 Å². The molecular formula is C12H6BrClF2N2O. The van der Waals surface area contributed by atoms with Crippen molar-refractivity contribution in [2.24, 2.45) is 0 Å². The van der Waals surface area contributed by atoms with Crippen LogP contribution in [0.15, 0.2) is 34.9 Å². The average Bonchev–Trinajstić information content (AvgIpc) is 2.27. The highest BCUT2D eigenvalue weighted by molar-refractivity contribution is 9.10. The maximum atomic E-state index is 13.6. The van der Waals surface area contributed by atoms with Crippen LogP contribution in [-0.4, -0.2) is 10.9 Å². The van der Waals surface area contributed by atoms with E-state index >= 15 is 0 Å². The topological polar surface area (TPSA) is 42.0 Å². The number of amides is 1. The molecule has 0 fully saturated rings. The molecule has 0 aliphatic carbocycles. The Kier molecular flexibility index (Phi) is 4.11. The number of hydrogen-bond acceptors (Lipinski definition) is 2. The molecule has 0 spiro atoms. The summed E-state index contributed by atoms with van der Waals surface area (Å²) in [5, 5.41) is 2.50. The summed E-state index contributed by atoms with van der Waals surface area (Å²) >= 11 is 8.58. The molecule has 0 unspecified atom stereocenters. The smallest absolute Gasteiger partial charge is 0.261 e. The highest BCUT2D eigenvalue weighted by atomic mass is 79.9. The van der Waals surface area contributed by atoms with Crippen molar-refractivity contribution in [2.75, 3.05) is 5.32 Å². The first-order valence-corrected chi connectivity index (χ1v) is 6.22. The number of hydrogen-bond donors (Lipinski definition) is 1. The van der Waals surface area contributed by atoms with Crippen molar-refractivity contribution in [3.63, 3.8) is 0 Å². The van der Waals surface area contributed by atoms with Gasteiger partial charge < -0.3 is 5.32 Å². The molecule has 1 aromatic heterocycles. The molecule has 2 aromatic rings. The maximum absolute atomic E-state index is 13.6. The van der Waals surface area contributed by atoms with Gasteiger partial charge in [0.25, 0.3) is 5.91 Å². The molecule has 1 amide bonds. The highest BCUT2D eigenvalue weighted by Gasteiger charge is 2.18. The standard InChI is InChI=1S/C12H6BrClF2N2O/c13-6-3-8(15)11(9(16)4-6)12(19)18-7-1-2-17-10(14)5-7/h1-5H,(H,17,18,19). The fourth-order valence-corrected chi connectivity index (χ4v) is 2.01.